The Bertz CT molecular complexity index is 1640. The summed E-state index contributed by atoms with van der Waals surface area (Å²) in [6, 6.07) is 15.2. The van der Waals surface area contributed by atoms with Crippen molar-refractivity contribution in [2.45, 2.75) is 38.0 Å². The van der Waals surface area contributed by atoms with Gasteiger partial charge in [0.2, 0.25) is 0 Å². The molecular formula is C31H31F2N3O6S. The van der Waals surface area contributed by atoms with Crippen molar-refractivity contribution >= 4 is 21.7 Å². The Balaban J connectivity index is 1.64. The average Bonchev–Trinajstić information content (AvgIpc) is 3.48. The fourth-order valence-electron chi connectivity index (χ4n) is 4.45. The third kappa shape index (κ3) is 9.47. The van der Waals surface area contributed by atoms with E-state index in [1.54, 1.807) is 59.7 Å². The molecule has 1 heterocycles. The fraction of sp³-hybridized carbons (Fsp3) is 0.258. The highest BCUT2D eigenvalue weighted by molar-refractivity contribution is 7.90. The van der Waals surface area contributed by atoms with E-state index in [1.807, 2.05) is 0 Å². The Morgan fingerprint density at radius 3 is 2.28 bits per heavy atom. The zero-order valence-corrected chi connectivity index (χ0v) is 24.1. The van der Waals surface area contributed by atoms with Crippen LogP contribution in [0.5, 0.6) is 5.75 Å². The molecule has 4 rings (SSSR count). The molecular weight excluding hydrogens is 580 g/mol. The van der Waals surface area contributed by atoms with Crippen molar-refractivity contribution in [3.63, 3.8) is 0 Å². The van der Waals surface area contributed by atoms with Crippen LogP contribution in [0.15, 0.2) is 85.5 Å². The Labute approximate surface area is 248 Å². The minimum absolute atomic E-state index is 0.144. The molecule has 226 valence electrons. The van der Waals surface area contributed by atoms with E-state index in [9.17, 15) is 31.9 Å². The van der Waals surface area contributed by atoms with E-state index >= 15 is 0 Å². The van der Waals surface area contributed by atoms with Gasteiger partial charge in [-0.2, -0.15) is 0 Å². The van der Waals surface area contributed by atoms with Gasteiger partial charge in [0.05, 0.1) is 18.6 Å². The molecule has 4 aromatic rings. The van der Waals surface area contributed by atoms with Crippen LogP contribution in [0, 0.1) is 11.6 Å². The van der Waals surface area contributed by atoms with Crippen LogP contribution in [-0.2, 0) is 34.0 Å². The number of carbonyl (C=O) groups is 2. The van der Waals surface area contributed by atoms with Crippen LogP contribution < -0.4 is 10.1 Å². The lowest BCUT2D eigenvalue weighted by Gasteiger charge is -2.22. The lowest BCUT2D eigenvalue weighted by molar-refractivity contribution is -0.139. The summed E-state index contributed by atoms with van der Waals surface area (Å²) in [5, 5.41) is 12.1. The van der Waals surface area contributed by atoms with Crippen LogP contribution in [0.2, 0.25) is 0 Å². The third-order valence-electron chi connectivity index (χ3n) is 6.76. The highest BCUT2D eigenvalue weighted by atomic mass is 32.2. The second-order valence-corrected chi connectivity index (χ2v) is 12.4. The number of halogens is 2. The molecule has 1 unspecified atom stereocenters. The van der Waals surface area contributed by atoms with Crippen molar-refractivity contribution in [3.05, 3.63) is 119 Å². The second-order valence-electron chi connectivity index (χ2n) is 10.1. The van der Waals surface area contributed by atoms with Crippen LogP contribution in [0.3, 0.4) is 0 Å². The van der Waals surface area contributed by atoms with Gasteiger partial charge in [0, 0.05) is 24.2 Å². The maximum absolute atomic E-state index is 13.6. The van der Waals surface area contributed by atoms with E-state index in [-0.39, 0.29) is 17.8 Å². The number of aryl methyl sites for hydroxylation is 2. The van der Waals surface area contributed by atoms with Gasteiger partial charge in [0.15, 0.2) is 0 Å². The molecule has 0 saturated heterocycles. The van der Waals surface area contributed by atoms with Gasteiger partial charge in [0.1, 0.15) is 39.4 Å². The molecule has 9 nitrogen and oxygen atoms in total. The number of carboxylic acids is 1. The van der Waals surface area contributed by atoms with Crippen LogP contribution in [-0.4, -0.2) is 53.0 Å². The first-order valence-corrected chi connectivity index (χ1v) is 15.5. The topological polar surface area (TPSA) is 128 Å². The molecule has 1 aromatic heterocycles. The van der Waals surface area contributed by atoms with Gasteiger partial charge in [0.25, 0.3) is 5.91 Å². The number of nitrogens with one attached hydrogen (secondary N) is 1. The summed E-state index contributed by atoms with van der Waals surface area (Å²) in [6.45, 7) is 0.325. The predicted octanol–water partition coefficient (Wildman–Crippen LogP) is 4.38. The first-order chi connectivity index (χ1) is 20.5. The number of hydrogen-bond acceptors (Lipinski definition) is 6. The number of amides is 1. The Hall–Kier alpha value is -4.58. The molecule has 0 aliphatic heterocycles. The summed E-state index contributed by atoms with van der Waals surface area (Å²) in [6.07, 6.45) is 5.89. The lowest BCUT2D eigenvalue weighted by Crippen LogP contribution is -2.42. The monoisotopic (exact) mass is 611 g/mol. The molecule has 0 aliphatic rings. The van der Waals surface area contributed by atoms with E-state index in [2.05, 4.69) is 10.3 Å². The van der Waals surface area contributed by atoms with Crippen LogP contribution in [0.4, 0.5) is 8.78 Å². The minimum atomic E-state index is -3.47. The number of rotatable bonds is 14. The van der Waals surface area contributed by atoms with E-state index < -0.39 is 45.4 Å². The molecule has 2 atom stereocenters. The highest BCUT2D eigenvalue weighted by Gasteiger charge is 2.24. The van der Waals surface area contributed by atoms with Crippen molar-refractivity contribution in [1.82, 2.24) is 14.9 Å². The van der Waals surface area contributed by atoms with Crippen molar-refractivity contribution in [3.8, 4) is 5.75 Å². The van der Waals surface area contributed by atoms with Gasteiger partial charge in [-0.15, -0.1) is 0 Å². The van der Waals surface area contributed by atoms with Gasteiger partial charge in [-0.1, -0.05) is 30.3 Å². The standard InChI is InChI=1S/C31H31F2N3O6S/c1-43(40,41)17-14-28(31(38)39)35-30(37)27-18-26(13-8-22(27)5-2-21-3-9-24(32)10-4-21)42-29(19-36-16-15-34-20-36)23-6-11-25(33)12-7-23/h3-4,6-13,15-16,18,20,28-29H,2,5,14,17,19H2,1H3,(H,35,37)(H,38,39)/t28-,29?/m0/s1. The molecule has 3 aromatic carbocycles. The maximum Gasteiger partial charge on any atom is 0.326 e. The fourth-order valence-corrected chi connectivity index (χ4v) is 5.12. The zero-order valence-electron chi connectivity index (χ0n) is 23.3. The minimum Gasteiger partial charge on any atom is -0.484 e. The van der Waals surface area contributed by atoms with Gasteiger partial charge < -0.3 is 19.7 Å². The number of carbonyl (C=O) groups excluding carboxylic acids is 1. The van der Waals surface area contributed by atoms with Crippen molar-refractivity contribution in [2.75, 3.05) is 12.0 Å². The molecule has 0 radical (unpaired) electrons. The van der Waals surface area contributed by atoms with Crippen LogP contribution in [0.1, 0.15) is 39.6 Å². The molecule has 0 fully saturated rings. The van der Waals surface area contributed by atoms with Crippen molar-refractivity contribution in [1.29, 1.82) is 0 Å². The number of carboxylic acid groups (broad SMARTS) is 1. The number of sulfone groups is 1. The van der Waals surface area contributed by atoms with Crippen molar-refractivity contribution < 1.29 is 36.6 Å². The Kier molecular flexibility index (Phi) is 10.3. The number of imidazole rings is 1. The Morgan fingerprint density at radius 2 is 1.67 bits per heavy atom. The molecule has 0 spiro atoms. The number of aromatic nitrogens is 2. The van der Waals surface area contributed by atoms with Gasteiger partial charge >= 0.3 is 5.97 Å². The van der Waals surface area contributed by atoms with E-state index in [0.717, 1.165) is 11.8 Å². The second kappa shape index (κ2) is 14.1. The maximum atomic E-state index is 13.6. The lowest BCUT2D eigenvalue weighted by atomic mass is 9.98. The average molecular weight is 612 g/mol. The van der Waals surface area contributed by atoms with Crippen LogP contribution in [0.25, 0.3) is 0 Å². The molecule has 0 bridgehead atoms. The summed E-state index contributed by atoms with van der Waals surface area (Å²) in [4.78, 5) is 29.4. The number of nitrogens with zero attached hydrogens (tertiary/aromatic N) is 2. The van der Waals surface area contributed by atoms with Gasteiger partial charge in [-0.25, -0.2) is 27.0 Å². The summed E-state index contributed by atoms with van der Waals surface area (Å²) in [5.74, 6) is -2.97. The SMILES string of the molecule is CS(=O)(=O)CC[C@H](NC(=O)c1cc(OC(Cn2ccnc2)c2ccc(F)cc2)ccc1CCc1ccc(F)cc1)C(=O)O. The summed E-state index contributed by atoms with van der Waals surface area (Å²) in [5.41, 5.74) is 2.23. The first-order valence-electron chi connectivity index (χ1n) is 13.4. The molecule has 0 saturated carbocycles. The quantitative estimate of drug-likeness (QED) is 0.217. The molecule has 43 heavy (non-hydrogen) atoms. The highest BCUT2D eigenvalue weighted by Crippen LogP contribution is 2.27. The molecule has 2 N–H and O–H groups in total. The largest absolute Gasteiger partial charge is 0.484 e. The summed E-state index contributed by atoms with van der Waals surface area (Å²) < 4.78 is 58.4. The third-order valence-corrected chi connectivity index (χ3v) is 7.74. The van der Waals surface area contributed by atoms with E-state index in [0.29, 0.717) is 36.3 Å². The zero-order chi connectivity index (χ0) is 31.0. The number of hydrogen-bond donors (Lipinski definition) is 2. The normalized spacial score (nSPS) is 12.8. The predicted molar refractivity (Wildman–Crippen MR) is 155 cm³/mol. The summed E-state index contributed by atoms with van der Waals surface area (Å²) >= 11 is 0. The van der Waals surface area contributed by atoms with Crippen molar-refractivity contribution in [2.24, 2.45) is 0 Å². The smallest absolute Gasteiger partial charge is 0.326 e. The number of benzene rings is 3. The van der Waals surface area contributed by atoms with Gasteiger partial charge in [-0.3, -0.25) is 4.79 Å². The summed E-state index contributed by atoms with van der Waals surface area (Å²) in [7, 11) is -3.47. The van der Waals surface area contributed by atoms with Crippen LogP contribution >= 0.6 is 0 Å². The molecule has 12 heteroatoms. The number of ether oxygens (including phenoxy) is 1. The van der Waals surface area contributed by atoms with E-state index in [1.165, 1.54) is 30.3 Å². The molecule has 1 amide bonds. The van der Waals surface area contributed by atoms with E-state index in [4.69, 9.17) is 4.74 Å². The first kappa shape index (κ1) is 31.4. The number of aliphatic carboxylic acids is 1. The Morgan fingerprint density at radius 1 is 1.00 bits per heavy atom. The molecule has 0 aliphatic carbocycles. The van der Waals surface area contributed by atoms with Gasteiger partial charge in [-0.05, 0) is 72.4 Å².